The Bertz CT molecular complexity index is 441. The summed E-state index contributed by atoms with van der Waals surface area (Å²) in [5, 5.41) is 5.50. The second-order valence-electron chi connectivity index (χ2n) is 5.82. The van der Waals surface area contributed by atoms with Gasteiger partial charge < -0.3 is 16.0 Å². The molecular weight excluding hydrogens is 284 g/mol. The first-order valence-electron chi connectivity index (χ1n) is 7.84. The molecular formula is C15H26N4OS. The number of carbonyl (C=O) groups is 1. The van der Waals surface area contributed by atoms with Crippen LogP contribution in [0.4, 0.5) is 0 Å². The minimum atomic E-state index is -0.0854. The molecule has 1 fully saturated rings. The maximum Gasteiger partial charge on any atom is 0.270 e. The summed E-state index contributed by atoms with van der Waals surface area (Å²) in [7, 11) is 0. The number of amides is 1. The first-order valence-corrected chi connectivity index (χ1v) is 8.72. The maximum atomic E-state index is 11.9. The zero-order chi connectivity index (χ0) is 15.1. The standard InChI is InChI=1S/C15H26N4OS/c1-12-4-8-19(9-5-12)7-3-2-6-17-15(20)13-11-21-14(10-16)18-13/h11-12H,2-10,16H2,1H3,(H,17,20). The number of piperidine rings is 1. The zero-order valence-electron chi connectivity index (χ0n) is 12.8. The van der Waals surface area contributed by atoms with Crippen molar-refractivity contribution < 1.29 is 4.79 Å². The molecule has 2 rings (SSSR count). The average Bonchev–Trinajstić information content (AvgIpc) is 2.98. The summed E-state index contributed by atoms with van der Waals surface area (Å²) in [4.78, 5) is 18.6. The summed E-state index contributed by atoms with van der Waals surface area (Å²) in [5.74, 6) is 0.801. The molecule has 1 aliphatic rings. The van der Waals surface area contributed by atoms with Crippen molar-refractivity contribution in [3.05, 3.63) is 16.1 Å². The highest BCUT2D eigenvalue weighted by Gasteiger charge is 2.15. The van der Waals surface area contributed by atoms with Gasteiger partial charge in [0, 0.05) is 18.5 Å². The Balaban J connectivity index is 1.56. The second kappa shape index (κ2) is 8.46. The Morgan fingerprint density at radius 1 is 1.48 bits per heavy atom. The summed E-state index contributed by atoms with van der Waals surface area (Å²) in [6.45, 7) is 7.06. The first-order chi connectivity index (χ1) is 10.2. The molecule has 0 atom stereocenters. The Kier molecular flexibility index (Phi) is 6.60. The highest BCUT2D eigenvalue weighted by atomic mass is 32.1. The number of nitrogens with one attached hydrogen (secondary N) is 1. The van der Waals surface area contributed by atoms with Crippen LogP contribution < -0.4 is 11.1 Å². The minimum Gasteiger partial charge on any atom is -0.351 e. The van der Waals surface area contributed by atoms with E-state index in [9.17, 15) is 4.79 Å². The van der Waals surface area contributed by atoms with E-state index in [0.717, 1.165) is 36.9 Å². The van der Waals surface area contributed by atoms with E-state index in [1.165, 1.54) is 37.3 Å². The summed E-state index contributed by atoms with van der Waals surface area (Å²) in [6, 6.07) is 0. The number of rotatable bonds is 7. The lowest BCUT2D eigenvalue weighted by Gasteiger charge is -2.30. The molecule has 0 aliphatic carbocycles. The molecule has 6 heteroatoms. The van der Waals surface area contributed by atoms with Gasteiger partial charge in [-0.2, -0.15) is 0 Å². The van der Waals surface area contributed by atoms with E-state index in [-0.39, 0.29) is 5.91 Å². The largest absolute Gasteiger partial charge is 0.351 e. The Labute approximate surface area is 130 Å². The van der Waals surface area contributed by atoms with E-state index in [1.807, 2.05) is 0 Å². The van der Waals surface area contributed by atoms with Crippen LogP contribution in [-0.4, -0.2) is 42.0 Å². The molecule has 118 valence electrons. The molecule has 0 unspecified atom stereocenters. The number of nitrogens with zero attached hydrogens (tertiary/aromatic N) is 2. The maximum absolute atomic E-state index is 11.9. The lowest BCUT2D eigenvalue weighted by molar-refractivity contribution is 0.0947. The smallest absolute Gasteiger partial charge is 0.270 e. The predicted molar refractivity (Wildman–Crippen MR) is 86.4 cm³/mol. The molecule has 1 aromatic rings. The molecule has 0 radical (unpaired) electrons. The Morgan fingerprint density at radius 2 is 2.24 bits per heavy atom. The molecule has 2 heterocycles. The fourth-order valence-electron chi connectivity index (χ4n) is 2.55. The van der Waals surface area contributed by atoms with Gasteiger partial charge in [-0.15, -0.1) is 11.3 Å². The number of thiazole rings is 1. The van der Waals surface area contributed by atoms with E-state index in [0.29, 0.717) is 12.2 Å². The molecule has 0 bridgehead atoms. The monoisotopic (exact) mass is 310 g/mol. The van der Waals surface area contributed by atoms with Gasteiger partial charge in [0.05, 0.1) is 0 Å². The van der Waals surface area contributed by atoms with Crippen molar-refractivity contribution in [3.63, 3.8) is 0 Å². The van der Waals surface area contributed by atoms with Crippen LogP contribution in [0.15, 0.2) is 5.38 Å². The van der Waals surface area contributed by atoms with Gasteiger partial charge in [-0.25, -0.2) is 4.98 Å². The lowest BCUT2D eigenvalue weighted by Crippen LogP contribution is -2.34. The van der Waals surface area contributed by atoms with Crippen molar-refractivity contribution in [2.45, 2.75) is 39.2 Å². The van der Waals surface area contributed by atoms with Crippen molar-refractivity contribution in [1.29, 1.82) is 0 Å². The van der Waals surface area contributed by atoms with E-state index in [2.05, 4.69) is 22.1 Å². The van der Waals surface area contributed by atoms with Crippen molar-refractivity contribution in [2.75, 3.05) is 26.2 Å². The van der Waals surface area contributed by atoms with Crippen LogP contribution in [0.1, 0.15) is 48.1 Å². The summed E-state index contributed by atoms with van der Waals surface area (Å²) >= 11 is 1.44. The fourth-order valence-corrected chi connectivity index (χ4v) is 3.20. The van der Waals surface area contributed by atoms with Gasteiger partial charge in [-0.3, -0.25) is 4.79 Å². The Hall–Kier alpha value is -0.980. The topological polar surface area (TPSA) is 71.2 Å². The quantitative estimate of drug-likeness (QED) is 0.754. The number of aromatic nitrogens is 1. The summed E-state index contributed by atoms with van der Waals surface area (Å²) in [5.41, 5.74) is 5.99. The molecule has 1 saturated heterocycles. The number of hydrogen-bond acceptors (Lipinski definition) is 5. The third-order valence-electron chi connectivity index (χ3n) is 4.02. The molecule has 0 saturated carbocycles. The lowest BCUT2D eigenvalue weighted by atomic mass is 9.99. The van der Waals surface area contributed by atoms with E-state index < -0.39 is 0 Å². The first kappa shape index (κ1) is 16.4. The summed E-state index contributed by atoms with van der Waals surface area (Å²) < 4.78 is 0. The van der Waals surface area contributed by atoms with Crippen LogP contribution in [0, 0.1) is 5.92 Å². The SMILES string of the molecule is CC1CCN(CCCCNC(=O)c2csc(CN)n2)CC1. The zero-order valence-corrected chi connectivity index (χ0v) is 13.6. The van der Waals surface area contributed by atoms with Gasteiger partial charge in [0.15, 0.2) is 0 Å². The number of hydrogen-bond donors (Lipinski definition) is 2. The third kappa shape index (κ3) is 5.37. The normalized spacial score (nSPS) is 17.0. The van der Waals surface area contributed by atoms with Crippen LogP contribution in [-0.2, 0) is 6.54 Å². The highest BCUT2D eigenvalue weighted by molar-refractivity contribution is 7.09. The molecule has 0 spiro atoms. The fraction of sp³-hybridized carbons (Fsp3) is 0.733. The van der Waals surface area contributed by atoms with Crippen molar-refractivity contribution in [3.8, 4) is 0 Å². The van der Waals surface area contributed by atoms with Gasteiger partial charge in [0.2, 0.25) is 0 Å². The molecule has 21 heavy (non-hydrogen) atoms. The van der Waals surface area contributed by atoms with Crippen LogP contribution in [0.25, 0.3) is 0 Å². The van der Waals surface area contributed by atoms with Gasteiger partial charge in [0.1, 0.15) is 10.7 Å². The Morgan fingerprint density at radius 3 is 2.90 bits per heavy atom. The molecule has 0 aromatic carbocycles. The van der Waals surface area contributed by atoms with Gasteiger partial charge in [-0.05, 0) is 51.2 Å². The highest BCUT2D eigenvalue weighted by Crippen LogP contribution is 2.16. The van der Waals surface area contributed by atoms with E-state index in [1.54, 1.807) is 5.38 Å². The van der Waals surface area contributed by atoms with Gasteiger partial charge in [0.25, 0.3) is 5.91 Å². The average molecular weight is 310 g/mol. The minimum absolute atomic E-state index is 0.0854. The molecule has 1 aromatic heterocycles. The molecule has 3 N–H and O–H groups in total. The van der Waals surface area contributed by atoms with Crippen molar-refractivity contribution >= 4 is 17.2 Å². The number of unbranched alkanes of at least 4 members (excludes halogenated alkanes) is 1. The predicted octanol–water partition coefficient (Wildman–Crippen LogP) is 1.84. The van der Waals surface area contributed by atoms with E-state index in [4.69, 9.17) is 5.73 Å². The number of carbonyl (C=O) groups excluding carboxylic acids is 1. The molecule has 5 nitrogen and oxygen atoms in total. The van der Waals surface area contributed by atoms with Crippen LogP contribution in [0.3, 0.4) is 0 Å². The van der Waals surface area contributed by atoms with Gasteiger partial charge in [-0.1, -0.05) is 6.92 Å². The van der Waals surface area contributed by atoms with Crippen molar-refractivity contribution in [2.24, 2.45) is 11.7 Å². The van der Waals surface area contributed by atoms with E-state index >= 15 is 0 Å². The van der Waals surface area contributed by atoms with Gasteiger partial charge >= 0.3 is 0 Å². The third-order valence-corrected chi connectivity index (χ3v) is 4.89. The van der Waals surface area contributed by atoms with Crippen LogP contribution >= 0.6 is 11.3 Å². The molecule has 1 aliphatic heterocycles. The van der Waals surface area contributed by atoms with Crippen molar-refractivity contribution in [1.82, 2.24) is 15.2 Å². The second-order valence-corrected chi connectivity index (χ2v) is 6.76. The number of nitrogens with two attached hydrogens (primary N) is 1. The van der Waals surface area contributed by atoms with Crippen LogP contribution in [0.5, 0.6) is 0 Å². The molecule has 1 amide bonds. The van der Waals surface area contributed by atoms with Crippen LogP contribution in [0.2, 0.25) is 0 Å². The number of likely N-dealkylation sites (tertiary alicyclic amines) is 1. The summed E-state index contributed by atoms with van der Waals surface area (Å²) in [6.07, 6.45) is 4.81.